The van der Waals surface area contributed by atoms with Gasteiger partial charge < -0.3 is 9.30 Å². The Morgan fingerprint density at radius 3 is 2.61 bits per heavy atom. The minimum atomic E-state index is -4.31. The Labute approximate surface area is 106 Å². The van der Waals surface area contributed by atoms with Gasteiger partial charge in [0.2, 0.25) is 0 Å². The van der Waals surface area contributed by atoms with Gasteiger partial charge in [0, 0.05) is 22.7 Å². The number of rotatable bonds is 2. The summed E-state index contributed by atoms with van der Waals surface area (Å²) in [5, 5.41) is 0.759. The van der Waals surface area contributed by atoms with E-state index < -0.39 is 18.4 Å². The third-order valence-electron chi connectivity index (χ3n) is 3.07. The third-order valence-corrected chi connectivity index (χ3v) is 3.33. The highest BCUT2D eigenvalue weighted by Gasteiger charge is 2.59. The fourth-order valence-electron chi connectivity index (χ4n) is 2.20. The van der Waals surface area contributed by atoms with Gasteiger partial charge in [0.25, 0.3) is 0 Å². The number of para-hydroxylation sites is 1. The molecule has 2 heterocycles. The smallest absolute Gasteiger partial charge is 0.355 e. The standard InChI is InChI=1S/C12H9ClF3NO/c13-6-17-5-8(7-3-1-2-4-9(7)17)10-11(18-10)12(14,15)16/h1-5,10-11H,6H2. The Balaban J connectivity index is 2.04. The third kappa shape index (κ3) is 1.78. The van der Waals surface area contributed by atoms with Crippen LogP contribution in [0.25, 0.3) is 10.9 Å². The summed E-state index contributed by atoms with van der Waals surface area (Å²) in [6, 6.07) is 7.42. The Hall–Kier alpha value is -1.20. The largest absolute Gasteiger partial charge is 0.417 e. The molecular formula is C12H9ClF3NO. The minimum Gasteiger partial charge on any atom is -0.355 e. The van der Waals surface area contributed by atoms with Gasteiger partial charge in [0.1, 0.15) is 6.10 Å². The number of alkyl halides is 4. The van der Waals surface area contributed by atoms with Crippen LogP contribution < -0.4 is 0 Å². The first-order valence-electron chi connectivity index (χ1n) is 5.38. The molecule has 18 heavy (non-hydrogen) atoms. The molecule has 0 aliphatic carbocycles. The predicted octanol–water partition coefficient (Wildman–Crippen LogP) is 3.84. The van der Waals surface area contributed by atoms with Gasteiger partial charge >= 0.3 is 6.18 Å². The SMILES string of the molecule is FC(F)(F)C1OC1c1cn(CCl)c2ccccc12. The maximum absolute atomic E-state index is 12.5. The fourth-order valence-corrected chi connectivity index (χ4v) is 2.40. The van der Waals surface area contributed by atoms with Gasteiger partial charge in [-0.25, -0.2) is 0 Å². The van der Waals surface area contributed by atoms with Crippen molar-refractivity contribution >= 4 is 22.5 Å². The zero-order chi connectivity index (χ0) is 12.9. The second kappa shape index (κ2) is 3.90. The average Bonchev–Trinajstić information content (AvgIpc) is 3.05. The second-order valence-electron chi connectivity index (χ2n) is 4.21. The van der Waals surface area contributed by atoms with E-state index >= 15 is 0 Å². The van der Waals surface area contributed by atoms with Gasteiger partial charge in [0.05, 0.1) is 6.00 Å². The lowest BCUT2D eigenvalue weighted by molar-refractivity contribution is -0.146. The minimum absolute atomic E-state index is 0.198. The van der Waals surface area contributed by atoms with Crippen molar-refractivity contribution in [3.63, 3.8) is 0 Å². The molecule has 1 aliphatic rings. The van der Waals surface area contributed by atoms with Crippen LogP contribution in [-0.4, -0.2) is 16.8 Å². The van der Waals surface area contributed by atoms with E-state index in [1.807, 2.05) is 12.1 Å². The van der Waals surface area contributed by atoms with Crippen molar-refractivity contribution in [3.8, 4) is 0 Å². The Morgan fingerprint density at radius 1 is 1.28 bits per heavy atom. The van der Waals surface area contributed by atoms with Crippen LogP contribution in [0.15, 0.2) is 30.5 Å². The molecule has 0 bridgehead atoms. The van der Waals surface area contributed by atoms with Crippen LogP contribution in [0.2, 0.25) is 0 Å². The number of aromatic nitrogens is 1. The number of hydrogen-bond donors (Lipinski definition) is 0. The van der Waals surface area contributed by atoms with Gasteiger partial charge in [-0.1, -0.05) is 18.2 Å². The Kier molecular flexibility index (Phi) is 2.57. The number of fused-ring (bicyclic) bond motifs is 1. The van der Waals surface area contributed by atoms with E-state index in [1.165, 1.54) is 0 Å². The average molecular weight is 276 g/mol. The van der Waals surface area contributed by atoms with Crippen molar-refractivity contribution in [3.05, 3.63) is 36.0 Å². The molecule has 1 saturated heterocycles. The highest BCUT2D eigenvalue weighted by Crippen LogP contribution is 2.50. The van der Waals surface area contributed by atoms with Gasteiger partial charge in [-0.3, -0.25) is 0 Å². The lowest BCUT2D eigenvalue weighted by atomic mass is 10.1. The molecule has 1 aliphatic heterocycles. The molecule has 2 atom stereocenters. The van der Waals surface area contributed by atoms with Crippen LogP contribution in [0, 0.1) is 0 Å². The first-order valence-corrected chi connectivity index (χ1v) is 5.91. The first kappa shape index (κ1) is 11.9. The molecule has 3 rings (SSSR count). The molecule has 1 fully saturated rings. The van der Waals surface area contributed by atoms with Crippen molar-refractivity contribution in [2.24, 2.45) is 0 Å². The number of hydrogen-bond acceptors (Lipinski definition) is 1. The monoisotopic (exact) mass is 275 g/mol. The van der Waals surface area contributed by atoms with E-state index in [9.17, 15) is 13.2 Å². The molecule has 2 unspecified atom stereocenters. The molecule has 96 valence electrons. The van der Waals surface area contributed by atoms with Crippen LogP contribution >= 0.6 is 11.6 Å². The number of halogens is 4. The van der Waals surface area contributed by atoms with E-state index in [4.69, 9.17) is 16.3 Å². The molecule has 0 spiro atoms. The van der Waals surface area contributed by atoms with E-state index in [1.54, 1.807) is 22.9 Å². The molecule has 0 N–H and O–H groups in total. The lowest BCUT2D eigenvalue weighted by Gasteiger charge is -1.99. The van der Waals surface area contributed by atoms with Crippen LogP contribution in [0.1, 0.15) is 11.7 Å². The molecule has 0 saturated carbocycles. The molecule has 2 nitrogen and oxygen atoms in total. The highest BCUT2D eigenvalue weighted by atomic mass is 35.5. The van der Waals surface area contributed by atoms with Crippen molar-refractivity contribution in [1.29, 1.82) is 0 Å². The van der Waals surface area contributed by atoms with Crippen molar-refractivity contribution in [2.75, 3.05) is 0 Å². The fraction of sp³-hybridized carbons (Fsp3) is 0.333. The lowest BCUT2D eigenvalue weighted by Crippen LogP contribution is -2.16. The number of benzene rings is 1. The molecule has 0 radical (unpaired) electrons. The molecule has 6 heteroatoms. The Morgan fingerprint density at radius 2 is 2.00 bits per heavy atom. The van der Waals surface area contributed by atoms with Crippen LogP contribution in [0.5, 0.6) is 0 Å². The molecule has 0 amide bonds. The second-order valence-corrected chi connectivity index (χ2v) is 4.45. The summed E-state index contributed by atoms with van der Waals surface area (Å²) in [6.07, 6.45) is -5.27. The van der Waals surface area contributed by atoms with Crippen LogP contribution in [0.3, 0.4) is 0 Å². The zero-order valence-corrected chi connectivity index (χ0v) is 9.87. The maximum Gasteiger partial charge on any atom is 0.417 e. The summed E-state index contributed by atoms with van der Waals surface area (Å²) in [5.41, 5.74) is 1.37. The van der Waals surface area contributed by atoms with Gasteiger partial charge in [-0.2, -0.15) is 13.2 Å². The summed E-state index contributed by atoms with van der Waals surface area (Å²) in [4.78, 5) is 0. The van der Waals surface area contributed by atoms with Crippen molar-refractivity contribution in [1.82, 2.24) is 4.57 Å². The summed E-state index contributed by atoms with van der Waals surface area (Å²) in [7, 11) is 0. The topological polar surface area (TPSA) is 17.5 Å². The molecule has 2 aromatic rings. The van der Waals surface area contributed by atoms with E-state index in [0.717, 1.165) is 10.9 Å². The highest BCUT2D eigenvalue weighted by molar-refractivity contribution is 6.16. The Bertz CT molecular complexity index is 593. The molecular weight excluding hydrogens is 267 g/mol. The summed E-state index contributed by atoms with van der Waals surface area (Å²) in [6.45, 7) is 0. The summed E-state index contributed by atoms with van der Waals surface area (Å²) >= 11 is 5.77. The van der Waals surface area contributed by atoms with E-state index in [0.29, 0.717) is 5.56 Å². The zero-order valence-electron chi connectivity index (χ0n) is 9.12. The van der Waals surface area contributed by atoms with Crippen LogP contribution in [-0.2, 0) is 10.7 Å². The van der Waals surface area contributed by atoms with Crippen molar-refractivity contribution in [2.45, 2.75) is 24.4 Å². The maximum atomic E-state index is 12.5. The van der Waals surface area contributed by atoms with E-state index in [2.05, 4.69) is 0 Å². The van der Waals surface area contributed by atoms with Gasteiger partial charge in [0.15, 0.2) is 6.10 Å². The van der Waals surface area contributed by atoms with Gasteiger partial charge in [-0.15, -0.1) is 11.6 Å². The summed E-state index contributed by atoms with van der Waals surface area (Å²) in [5.74, 6) is 0. The quantitative estimate of drug-likeness (QED) is 0.601. The number of epoxide rings is 1. The molecule has 1 aromatic heterocycles. The predicted molar refractivity (Wildman–Crippen MR) is 61.5 cm³/mol. The first-order chi connectivity index (χ1) is 8.52. The van der Waals surface area contributed by atoms with Gasteiger partial charge in [-0.05, 0) is 6.07 Å². The normalized spacial score (nSPS) is 23.6. The van der Waals surface area contributed by atoms with E-state index in [-0.39, 0.29) is 6.00 Å². The summed E-state index contributed by atoms with van der Waals surface area (Å²) < 4.78 is 44.0. The van der Waals surface area contributed by atoms with Crippen molar-refractivity contribution < 1.29 is 17.9 Å². The van der Waals surface area contributed by atoms with Crippen LogP contribution in [0.4, 0.5) is 13.2 Å². The number of ether oxygens (including phenoxy) is 1. The molecule has 1 aromatic carbocycles. The number of nitrogens with zero attached hydrogens (tertiary/aromatic N) is 1.